The number of likely N-dealkylation sites (tertiary alicyclic amines) is 1. The molecule has 8 heteroatoms. The lowest BCUT2D eigenvalue weighted by Gasteiger charge is -2.27. The summed E-state index contributed by atoms with van der Waals surface area (Å²) in [6.45, 7) is 13.4. The van der Waals surface area contributed by atoms with Crippen LogP contribution < -0.4 is 14.2 Å². The van der Waals surface area contributed by atoms with Gasteiger partial charge in [0.2, 0.25) is 0 Å². The Hall–Kier alpha value is -3.52. The monoisotopic (exact) mass is 524 g/mol. The third kappa shape index (κ3) is 6.48. The van der Waals surface area contributed by atoms with Crippen molar-refractivity contribution in [3.05, 3.63) is 59.2 Å². The number of nitrogens with zero attached hydrogens (tertiary/aromatic N) is 2. The number of hydrogen-bond acceptors (Lipinski definition) is 7. The van der Waals surface area contributed by atoms with Crippen molar-refractivity contribution in [1.29, 1.82) is 0 Å². The molecule has 8 nitrogen and oxygen atoms in total. The van der Waals surface area contributed by atoms with Gasteiger partial charge in [0, 0.05) is 12.1 Å². The number of ketones is 1. The molecule has 38 heavy (non-hydrogen) atoms. The maximum atomic E-state index is 13.4. The quantitative estimate of drug-likeness (QED) is 0.223. The molecule has 1 atom stereocenters. The zero-order chi connectivity index (χ0) is 27.8. The van der Waals surface area contributed by atoms with E-state index in [0.717, 1.165) is 19.6 Å². The second kappa shape index (κ2) is 13.3. The van der Waals surface area contributed by atoms with Crippen LogP contribution >= 0.6 is 0 Å². The van der Waals surface area contributed by atoms with Crippen LogP contribution in [0.15, 0.2) is 48.0 Å². The van der Waals surface area contributed by atoms with E-state index < -0.39 is 17.7 Å². The maximum absolute atomic E-state index is 13.4. The van der Waals surface area contributed by atoms with E-state index in [-0.39, 0.29) is 17.4 Å². The summed E-state index contributed by atoms with van der Waals surface area (Å²) in [6, 6.07) is 11.5. The number of ether oxygens (including phenoxy) is 3. The van der Waals surface area contributed by atoms with Crippen molar-refractivity contribution in [3.8, 4) is 17.2 Å². The van der Waals surface area contributed by atoms with Gasteiger partial charge in [-0.15, -0.1) is 0 Å². The van der Waals surface area contributed by atoms with Crippen LogP contribution in [0.5, 0.6) is 17.2 Å². The predicted molar refractivity (Wildman–Crippen MR) is 148 cm³/mol. The average molecular weight is 525 g/mol. The van der Waals surface area contributed by atoms with Crippen molar-refractivity contribution in [2.75, 3.05) is 39.9 Å². The molecule has 1 aliphatic heterocycles. The van der Waals surface area contributed by atoms with Crippen molar-refractivity contribution >= 4 is 17.4 Å². The fourth-order valence-electron chi connectivity index (χ4n) is 4.71. The van der Waals surface area contributed by atoms with Crippen molar-refractivity contribution in [3.63, 3.8) is 0 Å². The standard InChI is InChI=1S/C30H40N2O6/c1-7-31(8-2)17-10-18-32-27(22-13-16-24(37-9-3)25(19-22)36-6)26(29(34)30(32)35)28(33)21-11-14-23(15-12-21)38-20(4)5/h11-16,19-20,27,33H,7-10,17-18H2,1-6H3. The number of carbonyl (C=O) groups is 2. The van der Waals surface area contributed by atoms with Crippen molar-refractivity contribution in [1.82, 2.24) is 9.80 Å². The molecular weight excluding hydrogens is 484 g/mol. The summed E-state index contributed by atoms with van der Waals surface area (Å²) in [6.07, 6.45) is 0.700. The number of rotatable bonds is 13. The van der Waals surface area contributed by atoms with Crippen LogP contribution in [-0.2, 0) is 9.59 Å². The molecular formula is C30H40N2O6. The molecule has 0 aliphatic carbocycles. The van der Waals surface area contributed by atoms with Crippen LogP contribution in [-0.4, -0.2) is 72.6 Å². The molecule has 0 radical (unpaired) electrons. The molecule has 0 spiro atoms. The summed E-state index contributed by atoms with van der Waals surface area (Å²) >= 11 is 0. The van der Waals surface area contributed by atoms with Crippen LogP contribution in [0, 0.1) is 0 Å². The molecule has 0 saturated carbocycles. The number of aliphatic hydroxyl groups is 1. The first-order valence-electron chi connectivity index (χ1n) is 13.3. The summed E-state index contributed by atoms with van der Waals surface area (Å²) in [4.78, 5) is 30.5. The van der Waals surface area contributed by atoms with Crippen molar-refractivity contribution in [2.45, 2.75) is 53.2 Å². The molecule has 0 aromatic heterocycles. The van der Waals surface area contributed by atoms with Gasteiger partial charge in [-0.25, -0.2) is 0 Å². The number of hydrogen-bond donors (Lipinski definition) is 1. The summed E-state index contributed by atoms with van der Waals surface area (Å²) in [7, 11) is 1.55. The lowest BCUT2D eigenvalue weighted by Crippen LogP contribution is -2.33. The lowest BCUT2D eigenvalue weighted by atomic mass is 9.95. The van der Waals surface area contributed by atoms with Gasteiger partial charge in [0.05, 0.1) is 31.4 Å². The summed E-state index contributed by atoms with van der Waals surface area (Å²) in [5.74, 6) is 0.172. The Morgan fingerprint density at radius 3 is 2.29 bits per heavy atom. The smallest absolute Gasteiger partial charge is 0.295 e. The highest BCUT2D eigenvalue weighted by atomic mass is 16.5. The molecule has 2 aromatic carbocycles. The minimum absolute atomic E-state index is 0.00533. The lowest BCUT2D eigenvalue weighted by molar-refractivity contribution is -0.140. The molecule has 0 bridgehead atoms. The van der Waals surface area contributed by atoms with Gasteiger partial charge in [-0.05, 0) is 88.8 Å². The minimum atomic E-state index is -0.761. The highest BCUT2D eigenvalue weighted by Gasteiger charge is 2.46. The SMILES string of the molecule is CCOc1ccc(C2C(=C(O)c3ccc(OC(C)C)cc3)C(=O)C(=O)N2CCCN(CC)CC)cc1OC. The van der Waals surface area contributed by atoms with Crippen LogP contribution in [0.1, 0.15) is 58.2 Å². The largest absolute Gasteiger partial charge is 0.507 e. The van der Waals surface area contributed by atoms with Crippen molar-refractivity contribution in [2.24, 2.45) is 0 Å². The minimum Gasteiger partial charge on any atom is -0.507 e. The van der Waals surface area contributed by atoms with E-state index in [0.29, 0.717) is 47.9 Å². The van der Waals surface area contributed by atoms with E-state index in [1.807, 2.05) is 26.8 Å². The molecule has 2 aromatic rings. The number of carbonyl (C=O) groups excluding carboxylic acids is 2. The van der Waals surface area contributed by atoms with E-state index in [1.54, 1.807) is 48.4 Å². The zero-order valence-corrected chi connectivity index (χ0v) is 23.3. The molecule has 1 unspecified atom stereocenters. The van der Waals surface area contributed by atoms with E-state index in [1.165, 1.54) is 0 Å². The van der Waals surface area contributed by atoms with Gasteiger partial charge >= 0.3 is 0 Å². The second-order valence-electron chi connectivity index (χ2n) is 9.41. The van der Waals surface area contributed by atoms with E-state index >= 15 is 0 Å². The van der Waals surface area contributed by atoms with Gasteiger partial charge in [-0.3, -0.25) is 9.59 Å². The molecule has 1 fully saturated rings. The molecule has 1 heterocycles. The molecule has 206 valence electrons. The normalized spacial score (nSPS) is 16.9. The van der Waals surface area contributed by atoms with Crippen LogP contribution in [0.2, 0.25) is 0 Å². The highest BCUT2D eigenvalue weighted by molar-refractivity contribution is 6.46. The third-order valence-corrected chi connectivity index (χ3v) is 6.61. The average Bonchev–Trinajstić information content (AvgIpc) is 3.16. The first-order chi connectivity index (χ1) is 18.2. The number of amides is 1. The Labute approximate surface area is 225 Å². The van der Waals surface area contributed by atoms with Gasteiger partial charge in [0.25, 0.3) is 11.7 Å². The topological polar surface area (TPSA) is 88.5 Å². The molecule has 1 N–H and O–H groups in total. The summed E-state index contributed by atoms with van der Waals surface area (Å²) in [5, 5.41) is 11.4. The summed E-state index contributed by atoms with van der Waals surface area (Å²) in [5.41, 5.74) is 1.15. The number of aliphatic hydroxyl groups excluding tert-OH is 1. The Kier molecular flexibility index (Phi) is 10.2. The van der Waals surface area contributed by atoms with Crippen molar-refractivity contribution < 1.29 is 28.9 Å². The maximum Gasteiger partial charge on any atom is 0.295 e. The van der Waals surface area contributed by atoms with Gasteiger partial charge in [0.1, 0.15) is 11.5 Å². The van der Waals surface area contributed by atoms with Gasteiger partial charge in [-0.2, -0.15) is 0 Å². The number of Topliss-reactive ketones (excluding diaryl/α,β-unsaturated/α-hetero) is 1. The first-order valence-corrected chi connectivity index (χ1v) is 13.3. The van der Waals surface area contributed by atoms with E-state index in [9.17, 15) is 14.7 Å². The summed E-state index contributed by atoms with van der Waals surface area (Å²) < 4.78 is 16.9. The van der Waals surface area contributed by atoms with Gasteiger partial charge < -0.3 is 29.1 Å². The van der Waals surface area contributed by atoms with E-state index in [4.69, 9.17) is 14.2 Å². The Bertz CT molecular complexity index is 1140. The highest BCUT2D eigenvalue weighted by Crippen LogP contribution is 2.42. The Morgan fingerprint density at radius 1 is 1.03 bits per heavy atom. The van der Waals surface area contributed by atoms with Crippen LogP contribution in [0.4, 0.5) is 0 Å². The number of benzene rings is 2. The first kappa shape index (κ1) is 29.0. The number of methoxy groups -OCH3 is 1. The Balaban J connectivity index is 2.06. The van der Waals surface area contributed by atoms with Gasteiger partial charge in [0.15, 0.2) is 11.5 Å². The third-order valence-electron chi connectivity index (χ3n) is 6.61. The molecule has 1 saturated heterocycles. The van der Waals surface area contributed by atoms with Gasteiger partial charge in [-0.1, -0.05) is 19.9 Å². The van der Waals surface area contributed by atoms with Crippen LogP contribution in [0.25, 0.3) is 5.76 Å². The van der Waals surface area contributed by atoms with Crippen LogP contribution in [0.3, 0.4) is 0 Å². The Morgan fingerprint density at radius 2 is 1.71 bits per heavy atom. The van der Waals surface area contributed by atoms with E-state index in [2.05, 4.69) is 18.7 Å². The fourth-order valence-corrected chi connectivity index (χ4v) is 4.71. The second-order valence-corrected chi connectivity index (χ2v) is 9.41. The molecule has 1 aliphatic rings. The zero-order valence-electron chi connectivity index (χ0n) is 23.3. The fraction of sp³-hybridized carbons (Fsp3) is 0.467. The predicted octanol–water partition coefficient (Wildman–Crippen LogP) is 5.03. The molecule has 3 rings (SSSR count). The molecule has 1 amide bonds.